The first kappa shape index (κ1) is 17.5. The lowest BCUT2D eigenvalue weighted by molar-refractivity contribution is 0.744. The fourth-order valence-electron chi connectivity index (χ4n) is 3.54. The minimum Gasteiger partial charge on any atom is -0.366 e. The second-order valence-corrected chi connectivity index (χ2v) is 7.17. The number of hydrogen-bond donors (Lipinski definition) is 2. The van der Waals surface area contributed by atoms with Crippen molar-refractivity contribution in [2.75, 3.05) is 10.6 Å². The van der Waals surface area contributed by atoms with E-state index in [9.17, 15) is 0 Å². The lowest BCUT2D eigenvalue weighted by Crippen LogP contribution is -2.17. The average molecular weight is 359 g/mol. The Morgan fingerprint density at radius 2 is 1.81 bits per heavy atom. The van der Waals surface area contributed by atoms with Crippen LogP contribution in [0.3, 0.4) is 0 Å². The Labute approximate surface area is 160 Å². The molecule has 27 heavy (non-hydrogen) atoms. The predicted molar refractivity (Wildman–Crippen MR) is 110 cm³/mol. The summed E-state index contributed by atoms with van der Waals surface area (Å²) >= 11 is 0. The van der Waals surface area contributed by atoms with Gasteiger partial charge in [-0.3, -0.25) is 4.98 Å². The number of nitrogens with zero attached hydrogens (tertiary/aromatic N) is 3. The number of rotatable bonds is 6. The Balaban J connectivity index is 1.58. The van der Waals surface area contributed by atoms with Crippen molar-refractivity contribution in [2.24, 2.45) is 0 Å². The summed E-state index contributed by atoms with van der Waals surface area (Å²) in [6, 6.07) is 14.9. The summed E-state index contributed by atoms with van der Waals surface area (Å²) in [7, 11) is 0. The number of aryl methyl sites for hydroxylation is 1. The van der Waals surface area contributed by atoms with Crippen LogP contribution in [0.25, 0.3) is 11.3 Å². The smallest absolute Gasteiger partial charge is 0.225 e. The standard InChI is InChI=1S/C22H25N5/c1-16-5-4-6-17(13-16)15-24-21-14-20(18-9-11-23-12-10-18)26-22(27-21)25-19-7-2-3-8-19/h4-6,9-14,19H,2-3,7-8,15H2,1H3,(H2,24,25,26,27). The molecule has 1 fully saturated rings. The quantitative estimate of drug-likeness (QED) is 0.661. The van der Waals surface area contributed by atoms with E-state index in [0.29, 0.717) is 12.0 Å². The number of benzene rings is 1. The monoisotopic (exact) mass is 359 g/mol. The lowest BCUT2D eigenvalue weighted by atomic mass is 10.1. The molecule has 5 nitrogen and oxygen atoms in total. The first-order valence-electron chi connectivity index (χ1n) is 9.62. The molecule has 0 amide bonds. The van der Waals surface area contributed by atoms with Crippen molar-refractivity contribution in [1.29, 1.82) is 0 Å². The highest BCUT2D eigenvalue weighted by atomic mass is 15.2. The number of aromatic nitrogens is 3. The first-order valence-corrected chi connectivity index (χ1v) is 9.62. The second kappa shape index (κ2) is 8.16. The van der Waals surface area contributed by atoms with E-state index in [-0.39, 0.29) is 0 Å². The molecule has 2 N–H and O–H groups in total. The molecule has 1 aliphatic rings. The van der Waals surface area contributed by atoms with E-state index in [1.165, 1.54) is 36.8 Å². The summed E-state index contributed by atoms with van der Waals surface area (Å²) in [5, 5.41) is 6.98. The van der Waals surface area contributed by atoms with Gasteiger partial charge in [0.2, 0.25) is 5.95 Å². The molecule has 138 valence electrons. The highest BCUT2D eigenvalue weighted by Crippen LogP contribution is 2.25. The van der Waals surface area contributed by atoms with Crippen LogP contribution in [0.1, 0.15) is 36.8 Å². The maximum Gasteiger partial charge on any atom is 0.225 e. The van der Waals surface area contributed by atoms with E-state index in [4.69, 9.17) is 9.97 Å². The normalized spacial score (nSPS) is 14.3. The molecule has 0 atom stereocenters. The maximum atomic E-state index is 4.75. The van der Waals surface area contributed by atoms with Gasteiger partial charge < -0.3 is 10.6 Å². The summed E-state index contributed by atoms with van der Waals surface area (Å²) in [4.78, 5) is 13.6. The molecule has 4 rings (SSSR count). The highest BCUT2D eigenvalue weighted by molar-refractivity contribution is 5.64. The van der Waals surface area contributed by atoms with Crippen LogP contribution in [0.15, 0.2) is 54.9 Å². The van der Waals surface area contributed by atoms with Gasteiger partial charge in [0.1, 0.15) is 5.82 Å². The topological polar surface area (TPSA) is 62.7 Å². The number of nitrogens with one attached hydrogen (secondary N) is 2. The Morgan fingerprint density at radius 3 is 2.59 bits per heavy atom. The predicted octanol–water partition coefficient (Wildman–Crippen LogP) is 4.81. The minimum absolute atomic E-state index is 0.474. The van der Waals surface area contributed by atoms with Crippen LogP contribution in [-0.2, 0) is 6.54 Å². The van der Waals surface area contributed by atoms with Crippen LogP contribution in [-0.4, -0.2) is 21.0 Å². The molecule has 0 aliphatic heterocycles. The molecule has 2 heterocycles. The van der Waals surface area contributed by atoms with Crippen LogP contribution >= 0.6 is 0 Å². The SMILES string of the molecule is Cc1cccc(CNc2cc(-c3ccncc3)nc(NC3CCCC3)n2)c1. The number of anilines is 2. The largest absolute Gasteiger partial charge is 0.366 e. The molecule has 0 spiro atoms. The van der Waals surface area contributed by atoms with Gasteiger partial charge in [0.25, 0.3) is 0 Å². The third-order valence-corrected chi connectivity index (χ3v) is 4.95. The second-order valence-electron chi connectivity index (χ2n) is 7.17. The van der Waals surface area contributed by atoms with E-state index in [1.54, 1.807) is 12.4 Å². The van der Waals surface area contributed by atoms with Crippen LogP contribution in [0, 0.1) is 6.92 Å². The van der Waals surface area contributed by atoms with Crippen molar-refractivity contribution in [1.82, 2.24) is 15.0 Å². The van der Waals surface area contributed by atoms with Crippen molar-refractivity contribution in [3.63, 3.8) is 0 Å². The fourth-order valence-corrected chi connectivity index (χ4v) is 3.54. The van der Waals surface area contributed by atoms with Gasteiger partial charge in [0.15, 0.2) is 0 Å². The van der Waals surface area contributed by atoms with E-state index in [0.717, 1.165) is 23.6 Å². The Bertz CT molecular complexity index is 888. The van der Waals surface area contributed by atoms with Crippen LogP contribution in [0.5, 0.6) is 0 Å². The molecule has 0 radical (unpaired) electrons. The van der Waals surface area contributed by atoms with Gasteiger partial charge in [-0.05, 0) is 37.5 Å². The maximum absolute atomic E-state index is 4.75. The molecule has 3 aromatic rings. The summed E-state index contributed by atoms with van der Waals surface area (Å²) in [6.45, 7) is 2.84. The summed E-state index contributed by atoms with van der Waals surface area (Å²) in [5.74, 6) is 1.53. The van der Waals surface area contributed by atoms with Crippen molar-refractivity contribution in [3.8, 4) is 11.3 Å². The third-order valence-electron chi connectivity index (χ3n) is 4.95. The van der Waals surface area contributed by atoms with Gasteiger partial charge in [-0.2, -0.15) is 4.98 Å². The van der Waals surface area contributed by atoms with Crippen molar-refractivity contribution in [2.45, 2.75) is 45.2 Å². The van der Waals surface area contributed by atoms with Crippen LogP contribution in [0.2, 0.25) is 0 Å². The molecule has 0 unspecified atom stereocenters. The van der Waals surface area contributed by atoms with Gasteiger partial charge in [0, 0.05) is 36.6 Å². The zero-order valence-corrected chi connectivity index (χ0v) is 15.7. The van der Waals surface area contributed by atoms with Gasteiger partial charge in [-0.15, -0.1) is 0 Å². The average Bonchev–Trinajstić information content (AvgIpc) is 3.20. The molecule has 1 aliphatic carbocycles. The first-order chi connectivity index (χ1) is 13.3. The molecular formula is C22H25N5. The van der Waals surface area contributed by atoms with Crippen LogP contribution in [0.4, 0.5) is 11.8 Å². The van der Waals surface area contributed by atoms with Gasteiger partial charge >= 0.3 is 0 Å². The van der Waals surface area contributed by atoms with E-state index < -0.39 is 0 Å². The zero-order chi connectivity index (χ0) is 18.5. The molecular weight excluding hydrogens is 334 g/mol. The van der Waals surface area contributed by atoms with E-state index in [1.807, 2.05) is 18.2 Å². The van der Waals surface area contributed by atoms with E-state index >= 15 is 0 Å². The minimum atomic E-state index is 0.474. The Kier molecular flexibility index (Phi) is 5.28. The Morgan fingerprint density at radius 1 is 1.00 bits per heavy atom. The summed E-state index contributed by atoms with van der Waals surface area (Å²) in [5.41, 5.74) is 4.45. The van der Waals surface area contributed by atoms with Gasteiger partial charge in [-0.1, -0.05) is 42.7 Å². The van der Waals surface area contributed by atoms with Crippen LogP contribution < -0.4 is 10.6 Å². The number of pyridine rings is 1. The molecule has 5 heteroatoms. The zero-order valence-electron chi connectivity index (χ0n) is 15.7. The van der Waals surface area contributed by atoms with Crippen molar-refractivity contribution in [3.05, 3.63) is 66.0 Å². The highest BCUT2D eigenvalue weighted by Gasteiger charge is 2.16. The van der Waals surface area contributed by atoms with Gasteiger partial charge in [-0.25, -0.2) is 4.98 Å². The summed E-state index contributed by atoms with van der Waals surface area (Å²) < 4.78 is 0. The number of hydrogen-bond acceptors (Lipinski definition) is 5. The third kappa shape index (κ3) is 4.61. The summed E-state index contributed by atoms with van der Waals surface area (Å²) in [6.07, 6.45) is 8.52. The molecule has 0 bridgehead atoms. The van der Waals surface area contributed by atoms with Crippen molar-refractivity contribution < 1.29 is 0 Å². The Hall–Kier alpha value is -2.95. The lowest BCUT2D eigenvalue weighted by Gasteiger charge is -2.15. The molecule has 1 aromatic carbocycles. The molecule has 0 saturated heterocycles. The molecule has 1 saturated carbocycles. The molecule has 2 aromatic heterocycles. The van der Waals surface area contributed by atoms with Crippen molar-refractivity contribution >= 4 is 11.8 Å². The van der Waals surface area contributed by atoms with Gasteiger partial charge in [0.05, 0.1) is 5.69 Å². The fraction of sp³-hybridized carbons (Fsp3) is 0.318. The van der Waals surface area contributed by atoms with E-state index in [2.05, 4.69) is 46.8 Å².